The van der Waals surface area contributed by atoms with Crippen molar-refractivity contribution in [2.45, 2.75) is 38.0 Å². The van der Waals surface area contributed by atoms with E-state index < -0.39 is 6.10 Å². The van der Waals surface area contributed by atoms with E-state index in [4.69, 9.17) is 14.2 Å². The third kappa shape index (κ3) is 7.44. The Labute approximate surface area is 154 Å². The molecule has 2 unspecified atom stereocenters. The summed E-state index contributed by atoms with van der Waals surface area (Å²) >= 11 is 1.62. The van der Waals surface area contributed by atoms with Crippen LogP contribution in [0.1, 0.15) is 26.7 Å². The van der Waals surface area contributed by atoms with E-state index in [1.807, 2.05) is 6.92 Å². The van der Waals surface area contributed by atoms with E-state index in [9.17, 15) is 9.90 Å². The average Bonchev–Trinajstić information content (AvgIpc) is 2.63. The molecule has 2 atom stereocenters. The summed E-state index contributed by atoms with van der Waals surface area (Å²) in [5.41, 5.74) is 0. The lowest BCUT2D eigenvalue weighted by molar-refractivity contribution is -0.120. The Balaban J connectivity index is 2.43. The van der Waals surface area contributed by atoms with E-state index in [1.54, 1.807) is 30.0 Å². The molecule has 0 aliphatic carbocycles. The maximum atomic E-state index is 12.0. The fraction of sp³-hybridized carbons (Fsp3) is 0.611. The van der Waals surface area contributed by atoms with E-state index in [0.717, 1.165) is 18.6 Å². The van der Waals surface area contributed by atoms with Crippen molar-refractivity contribution < 1.29 is 24.1 Å². The molecule has 0 bridgehead atoms. The molecule has 0 saturated carbocycles. The van der Waals surface area contributed by atoms with Gasteiger partial charge in [0.1, 0.15) is 12.7 Å². The van der Waals surface area contributed by atoms with Gasteiger partial charge in [0, 0.05) is 6.54 Å². The zero-order valence-electron chi connectivity index (χ0n) is 15.4. The number of ether oxygens (including phenoxy) is 3. The molecule has 1 aromatic rings. The van der Waals surface area contributed by atoms with Crippen LogP contribution in [0.5, 0.6) is 17.2 Å². The number of carbonyl (C=O) groups excluding carboxylic acids is 1. The molecule has 0 aliphatic rings. The van der Waals surface area contributed by atoms with Gasteiger partial charge in [-0.2, -0.15) is 0 Å². The number of hydrogen-bond acceptors (Lipinski definition) is 6. The van der Waals surface area contributed by atoms with Crippen molar-refractivity contribution in [3.63, 3.8) is 0 Å². The highest BCUT2D eigenvalue weighted by Crippen LogP contribution is 2.36. The van der Waals surface area contributed by atoms with Crippen LogP contribution in [-0.2, 0) is 4.79 Å². The lowest BCUT2D eigenvalue weighted by atomic mass is 10.3. The maximum absolute atomic E-state index is 12.0. The molecular weight excluding hydrogens is 342 g/mol. The number of nitrogens with one attached hydrogen (secondary N) is 1. The largest absolute Gasteiger partial charge is 0.493 e. The molecule has 7 heteroatoms. The Morgan fingerprint density at radius 1 is 1.28 bits per heavy atom. The molecule has 2 N–H and O–H groups in total. The van der Waals surface area contributed by atoms with Gasteiger partial charge in [0.2, 0.25) is 11.7 Å². The summed E-state index contributed by atoms with van der Waals surface area (Å²) in [5, 5.41) is 12.7. The van der Waals surface area contributed by atoms with Gasteiger partial charge in [0.15, 0.2) is 11.5 Å². The van der Waals surface area contributed by atoms with Gasteiger partial charge in [-0.1, -0.05) is 19.4 Å². The predicted octanol–water partition coefficient (Wildman–Crippen LogP) is 2.48. The Morgan fingerprint density at radius 3 is 2.48 bits per heavy atom. The Morgan fingerprint density at radius 2 is 1.92 bits per heavy atom. The highest BCUT2D eigenvalue weighted by atomic mass is 32.2. The van der Waals surface area contributed by atoms with Gasteiger partial charge in [-0.25, -0.2) is 0 Å². The van der Waals surface area contributed by atoms with Crippen molar-refractivity contribution in [1.29, 1.82) is 0 Å². The van der Waals surface area contributed by atoms with Crippen molar-refractivity contribution in [3.05, 3.63) is 18.2 Å². The van der Waals surface area contributed by atoms with Gasteiger partial charge in [-0.05, 0) is 31.2 Å². The zero-order valence-corrected chi connectivity index (χ0v) is 16.2. The van der Waals surface area contributed by atoms with E-state index in [1.165, 1.54) is 14.2 Å². The van der Waals surface area contributed by atoms with Gasteiger partial charge < -0.3 is 24.6 Å². The van der Waals surface area contributed by atoms with E-state index in [-0.39, 0.29) is 24.3 Å². The number of carbonyl (C=O) groups is 1. The van der Waals surface area contributed by atoms with E-state index in [2.05, 4.69) is 12.2 Å². The number of benzene rings is 1. The maximum Gasteiger partial charge on any atom is 0.232 e. The number of methoxy groups -OCH3 is 2. The van der Waals surface area contributed by atoms with Crippen LogP contribution in [0.4, 0.5) is 0 Å². The number of aliphatic hydroxyl groups excluding tert-OH is 1. The first-order chi connectivity index (χ1) is 12.0. The third-order valence-corrected chi connectivity index (χ3v) is 4.79. The van der Waals surface area contributed by atoms with Crippen molar-refractivity contribution in [3.8, 4) is 17.2 Å². The minimum absolute atomic E-state index is 0.0222. The number of hydrogen-bond donors (Lipinski definition) is 2. The highest BCUT2D eigenvalue weighted by Gasteiger charge is 2.16. The van der Waals surface area contributed by atoms with Gasteiger partial charge >= 0.3 is 0 Å². The smallest absolute Gasteiger partial charge is 0.232 e. The summed E-state index contributed by atoms with van der Waals surface area (Å²) in [6.45, 7) is 4.15. The lowest BCUT2D eigenvalue weighted by Gasteiger charge is -2.18. The van der Waals surface area contributed by atoms with Gasteiger partial charge in [-0.3, -0.25) is 4.79 Å². The van der Waals surface area contributed by atoms with Crippen LogP contribution in [-0.4, -0.2) is 55.5 Å². The number of thioether (sulfide) groups is 1. The molecule has 0 fully saturated rings. The van der Waals surface area contributed by atoms with Gasteiger partial charge in [-0.15, -0.1) is 11.8 Å². The fourth-order valence-corrected chi connectivity index (χ4v) is 3.08. The fourth-order valence-electron chi connectivity index (χ4n) is 2.04. The molecule has 0 saturated heterocycles. The monoisotopic (exact) mass is 371 g/mol. The number of rotatable bonds is 12. The van der Waals surface area contributed by atoms with Crippen LogP contribution in [0, 0.1) is 0 Å². The summed E-state index contributed by atoms with van der Waals surface area (Å²) in [4.78, 5) is 12.0. The van der Waals surface area contributed by atoms with Crippen LogP contribution in [0.2, 0.25) is 0 Å². The molecule has 0 spiro atoms. The third-order valence-electron chi connectivity index (χ3n) is 3.55. The second-order valence-electron chi connectivity index (χ2n) is 5.57. The number of aliphatic hydroxyl groups is 1. The predicted molar refractivity (Wildman–Crippen MR) is 101 cm³/mol. The van der Waals surface area contributed by atoms with Gasteiger partial charge in [0.25, 0.3) is 0 Å². The van der Waals surface area contributed by atoms with E-state index in [0.29, 0.717) is 17.2 Å². The van der Waals surface area contributed by atoms with Crippen molar-refractivity contribution in [2.75, 3.05) is 33.1 Å². The summed E-state index contributed by atoms with van der Waals surface area (Å²) in [6, 6.07) is 5.29. The molecule has 1 amide bonds. The zero-order chi connectivity index (χ0) is 18.7. The standard InChI is InChI=1S/C18H29NO5S/c1-5-6-10-25-13(2)18(21)19-11-14(20)12-24-17-15(22-3)8-7-9-16(17)23-4/h7-9,13-14,20H,5-6,10-12H2,1-4H3,(H,19,21). The van der Waals surface area contributed by atoms with Crippen molar-refractivity contribution >= 4 is 17.7 Å². The Kier molecular flexibility index (Phi) is 10.2. The SMILES string of the molecule is CCCCSC(C)C(=O)NCC(O)COc1c(OC)cccc1OC. The molecule has 25 heavy (non-hydrogen) atoms. The molecule has 0 heterocycles. The minimum Gasteiger partial charge on any atom is -0.493 e. The second kappa shape index (κ2) is 11.9. The summed E-state index contributed by atoms with van der Waals surface area (Å²) in [5.74, 6) is 2.37. The summed E-state index contributed by atoms with van der Waals surface area (Å²) in [7, 11) is 3.08. The molecular formula is C18H29NO5S. The average molecular weight is 371 g/mol. The Hall–Kier alpha value is -1.60. The molecule has 0 radical (unpaired) electrons. The van der Waals surface area contributed by atoms with Crippen LogP contribution in [0.25, 0.3) is 0 Å². The van der Waals surface area contributed by atoms with Crippen molar-refractivity contribution in [1.82, 2.24) is 5.32 Å². The molecule has 6 nitrogen and oxygen atoms in total. The topological polar surface area (TPSA) is 77.0 Å². The normalized spacial score (nSPS) is 13.0. The molecule has 1 rings (SSSR count). The molecule has 142 valence electrons. The summed E-state index contributed by atoms with van der Waals surface area (Å²) in [6.07, 6.45) is 1.38. The lowest BCUT2D eigenvalue weighted by Crippen LogP contribution is -2.39. The summed E-state index contributed by atoms with van der Waals surface area (Å²) < 4.78 is 16.1. The molecule has 0 aromatic heterocycles. The number of amides is 1. The quantitative estimate of drug-likeness (QED) is 0.550. The second-order valence-corrected chi connectivity index (χ2v) is 7.02. The number of para-hydroxylation sites is 1. The van der Waals surface area contributed by atoms with E-state index >= 15 is 0 Å². The first-order valence-corrected chi connectivity index (χ1v) is 9.49. The first kappa shape index (κ1) is 21.4. The first-order valence-electron chi connectivity index (χ1n) is 8.44. The molecule has 1 aromatic carbocycles. The van der Waals surface area contributed by atoms with Crippen LogP contribution < -0.4 is 19.5 Å². The highest BCUT2D eigenvalue weighted by molar-refractivity contribution is 8.00. The van der Waals surface area contributed by atoms with Crippen LogP contribution >= 0.6 is 11.8 Å². The van der Waals surface area contributed by atoms with Crippen LogP contribution in [0.15, 0.2) is 18.2 Å². The number of unbranched alkanes of at least 4 members (excludes halogenated alkanes) is 1. The minimum atomic E-state index is -0.827. The van der Waals surface area contributed by atoms with Crippen LogP contribution in [0.3, 0.4) is 0 Å². The van der Waals surface area contributed by atoms with Crippen molar-refractivity contribution in [2.24, 2.45) is 0 Å². The molecule has 0 aliphatic heterocycles. The Bertz CT molecular complexity index is 504. The van der Waals surface area contributed by atoms with Gasteiger partial charge in [0.05, 0.1) is 19.5 Å².